The van der Waals surface area contributed by atoms with E-state index in [4.69, 9.17) is 4.74 Å². The van der Waals surface area contributed by atoms with Crippen molar-refractivity contribution in [2.45, 2.75) is 58.5 Å². The van der Waals surface area contributed by atoms with Crippen LogP contribution < -0.4 is 0 Å². The number of carboxylic acid groups (broad SMARTS) is 1. The SMILES string of the molecule is CC(C)(C)OC(=O)N1CCC2(CC1)C1CCC2C(C(=O)O)C1. The van der Waals surface area contributed by atoms with Crippen LogP contribution in [0.5, 0.6) is 0 Å². The van der Waals surface area contributed by atoms with Crippen LogP contribution in [-0.2, 0) is 9.53 Å². The molecule has 2 bridgehead atoms. The van der Waals surface area contributed by atoms with Crippen molar-refractivity contribution < 1.29 is 19.4 Å². The molecule has 3 fully saturated rings. The Bertz CT molecular complexity index is 474. The van der Waals surface area contributed by atoms with Crippen LogP contribution >= 0.6 is 0 Å². The third-order valence-electron chi connectivity index (χ3n) is 6.07. The number of amides is 1. The molecular formula is C17H27NO4. The number of rotatable bonds is 1. The molecule has 1 amide bonds. The second-order valence-electron chi connectivity index (χ2n) is 8.26. The third-order valence-corrected chi connectivity index (χ3v) is 6.07. The molecule has 3 rings (SSSR count). The summed E-state index contributed by atoms with van der Waals surface area (Å²) in [4.78, 5) is 25.4. The summed E-state index contributed by atoms with van der Waals surface area (Å²) >= 11 is 0. The van der Waals surface area contributed by atoms with Crippen molar-refractivity contribution in [3.05, 3.63) is 0 Å². The van der Waals surface area contributed by atoms with Gasteiger partial charge in [0.25, 0.3) is 0 Å². The molecule has 1 aliphatic heterocycles. The van der Waals surface area contributed by atoms with Gasteiger partial charge in [-0.2, -0.15) is 0 Å². The normalized spacial score (nSPS) is 33.2. The fourth-order valence-corrected chi connectivity index (χ4v) is 5.17. The van der Waals surface area contributed by atoms with Crippen LogP contribution in [-0.4, -0.2) is 40.8 Å². The molecule has 0 aromatic heterocycles. The second-order valence-corrected chi connectivity index (χ2v) is 8.26. The number of carbonyl (C=O) groups excluding carboxylic acids is 1. The summed E-state index contributed by atoms with van der Waals surface area (Å²) in [5.74, 6) is 0.0724. The maximum atomic E-state index is 12.2. The van der Waals surface area contributed by atoms with Gasteiger partial charge in [-0.15, -0.1) is 0 Å². The highest BCUT2D eigenvalue weighted by Crippen LogP contribution is 2.64. The molecule has 5 nitrogen and oxygen atoms in total. The van der Waals surface area contributed by atoms with Gasteiger partial charge in [0.05, 0.1) is 5.92 Å². The fraction of sp³-hybridized carbons (Fsp3) is 0.882. The lowest BCUT2D eigenvalue weighted by atomic mass is 9.69. The van der Waals surface area contributed by atoms with Gasteiger partial charge in [0.1, 0.15) is 5.60 Å². The minimum atomic E-state index is -0.624. The van der Waals surface area contributed by atoms with Crippen LogP contribution in [0.4, 0.5) is 4.79 Å². The number of carboxylic acids is 1. The Morgan fingerprint density at radius 3 is 2.32 bits per heavy atom. The molecule has 3 aliphatic rings. The lowest BCUT2D eigenvalue weighted by molar-refractivity contribution is -0.144. The predicted octanol–water partition coefficient (Wildman–Crippen LogP) is 3.13. The molecule has 0 radical (unpaired) electrons. The van der Waals surface area contributed by atoms with E-state index < -0.39 is 11.6 Å². The van der Waals surface area contributed by atoms with Crippen LogP contribution in [0, 0.1) is 23.2 Å². The number of carbonyl (C=O) groups is 2. The van der Waals surface area contributed by atoms with Crippen molar-refractivity contribution in [3.63, 3.8) is 0 Å². The van der Waals surface area contributed by atoms with Gasteiger partial charge >= 0.3 is 12.1 Å². The molecule has 1 N–H and O–H groups in total. The number of likely N-dealkylation sites (tertiary alicyclic amines) is 1. The van der Waals surface area contributed by atoms with Gasteiger partial charge in [-0.05, 0) is 70.1 Å². The van der Waals surface area contributed by atoms with Gasteiger partial charge in [0, 0.05) is 13.1 Å². The van der Waals surface area contributed by atoms with Crippen molar-refractivity contribution >= 4 is 12.1 Å². The van der Waals surface area contributed by atoms with Crippen LogP contribution in [0.1, 0.15) is 52.9 Å². The molecule has 1 saturated heterocycles. The molecule has 2 aliphatic carbocycles. The standard InChI is InChI=1S/C17H27NO4/c1-16(2,3)22-15(21)18-8-6-17(7-9-18)11-4-5-13(17)12(10-11)14(19)20/h11-13H,4-10H2,1-3H3,(H,19,20). The first kappa shape index (κ1) is 15.6. The van der Waals surface area contributed by atoms with Crippen molar-refractivity contribution in [1.29, 1.82) is 0 Å². The molecule has 2 saturated carbocycles. The number of hydrogen-bond acceptors (Lipinski definition) is 3. The number of aliphatic carboxylic acids is 1. The highest BCUT2D eigenvalue weighted by atomic mass is 16.6. The first-order valence-corrected chi connectivity index (χ1v) is 8.44. The maximum absolute atomic E-state index is 12.2. The van der Waals surface area contributed by atoms with E-state index in [1.807, 2.05) is 20.8 Å². The van der Waals surface area contributed by atoms with Crippen molar-refractivity contribution in [1.82, 2.24) is 4.90 Å². The average molecular weight is 309 g/mol. The molecule has 3 unspecified atom stereocenters. The van der Waals surface area contributed by atoms with Gasteiger partial charge in [0.15, 0.2) is 0 Å². The summed E-state index contributed by atoms with van der Waals surface area (Å²) in [5, 5.41) is 9.43. The predicted molar refractivity (Wildman–Crippen MR) is 81.4 cm³/mol. The monoisotopic (exact) mass is 309 g/mol. The Balaban J connectivity index is 1.65. The van der Waals surface area contributed by atoms with Crippen molar-refractivity contribution in [2.24, 2.45) is 23.2 Å². The molecule has 5 heteroatoms. The molecule has 1 spiro atoms. The number of hydrogen-bond donors (Lipinski definition) is 1. The zero-order valence-corrected chi connectivity index (χ0v) is 13.8. The molecule has 0 aromatic rings. The van der Waals surface area contributed by atoms with Gasteiger partial charge in [0.2, 0.25) is 0 Å². The Morgan fingerprint density at radius 1 is 1.18 bits per heavy atom. The summed E-state index contributed by atoms with van der Waals surface area (Å²) in [6.07, 6.45) is 4.69. The Labute approximate surface area is 132 Å². The molecule has 0 aromatic carbocycles. The van der Waals surface area contributed by atoms with Crippen LogP contribution in [0.25, 0.3) is 0 Å². The molecular weight excluding hydrogens is 282 g/mol. The smallest absolute Gasteiger partial charge is 0.410 e. The minimum absolute atomic E-state index is 0.160. The maximum Gasteiger partial charge on any atom is 0.410 e. The second kappa shape index (κ2) is 5.14. The van der Waals surface area contributed by atoms with Crippen LogP contribution in [0.2, 0.25) is 0 Å². The number of piperidine rings is 1. The van der Waals surface area contributed by atoms with E-state index in [1.165, 1.54) is 6.42 Å². The van der Waals surface area contributed by atoms with Crippen LogP contribution in [0.3, 0.4) is 0 Å². The lowest BCUT2D eigenvalue weighted by Gasteiger charge is -2.43. The van der Waals surface area contributed by atoms with E-state index in [9.17, 15) is 14.7 Å². The quantitative estimate of drug-likeness (QED) is 0.808. The third kappa shape index (κ3) is 2.48. The highest BCUT2D eigenvalue weighted by molar-refractivity contribution is 5.71. The first-order chi connectivity index (χ1) is 10.2. The average Bonchev–Trinajstić information content (AvgIpc) is 2.90. The zero-order chi connectivity index (χ0) is 16.1. The Morgan fingerprint density at radius 2 is 1.82 bits per heavy atom. The summed E-state index contributed by atoms with van der Waals surface area (Å²) in [6.45, 7) is 7.05. The van der Waals surface area contributed by atoms with E-state index in [0.717, 1.165) is 25.7 Å². The molecule has 1 heterocycles. The van der Waals surface area contributed by atoms with E-state index in [-0.39, 0.29) is 17.4 Å². The van der Waals surface area contributed by atoms with Crippen molar-refractivity contribution in [2.75, 3.05) is 13.1 Å². The summed E-state index contributed by atoms with van der Waals surface area (Å²) in [7, 11) is 0. The Hall–Kier alpha value is -1.26. The summed E-state index contributed by atoms with van der Waals surface area (Å²) in [5.41, 5.74) is -0.297. The number of nitrogens with zero attached hydrogens (tertiary/aromatic N) is 1. The molecule has 124 valence electrons. The Kier molecular flexibility index (Phi) is 3.65. The van der Waals surface area contributed by atoms with E-state index in [0.29, 0.717) is 24.9 Å². The topological polar surface area (TPSA) is 66.8 Å². The zero-order valence-electron chi connectivity index (χ0n) is 13.8. The largest absolute Gasteiger partial charge is 0.481 e. The minimum Gasteiger partial charge on any atom is -0.481 e. The van der Waals surface area contributed by atoms with Crippen molar-refractivity contribution in [3.8, 4) is 0 Å². The molecule has 22 heavy (non-hydrogen) atoms. The van der Waals surface area contributed by atoms with Gasteiger partial charge in [-0.1, -0.05) is 0 Å². The first-order valence-electron chi connectivity index (χ1n) is 8.44. The molecule has 3 atom stereocenters. The van der Waals surface area contributed by atoms with E-state index >= 15 is 0 Å². The van der Waals surface area contributed by atoms with Gasteiger partial charge in [-0.25, -0.2) is 4.79 Å². The summed E-state index contributed by atoms with van der Waals surface area (Å²) < 4.78 is 5.45. The highest BCUT2D eigenvalue weighted by Gasteiger charge is 2.61. The van der Waals surface area contributed by atoms with Gasteiger partial charge in [-0.3, -0.25) is 4.79 Å². The van der Waals surface area contributed by atoms with Crippen LogP contribution in [0.15, 0.2) is 0 Å². The fourth-order valence-electron chi connectivity index (χ4n) is 5.17. The van der Waals surface area contributed by atoms with E-state index in [2.05, 4.69) is 0 Å². The summed E-state index contributed by atoms with van der Waals surface area (Å²) in [6, 6.07) is 0. The van der Waals surface area contributed by atoms with E-state index in [1.54, 1.807) is 4.90 Å². The number of ether oxygens (including phenoxy) is 1. The van der Waals surface area contributed by atoms with Gasteiger partial charge < -0.3 is 14.7 Å². The lowest BCUT2D eigenvalue weighted by Crippen LogP contribution is -2.47.